The van der Waals surface area contributed by atoms with Gasteiger partial charge in [0.15, 0.2) is 11.6 Å². The van der Waals surface area contributed by atoms with E-state index in [1.165, 1.54) is 12.5 Å². The first-order valence-electron chi connectivity index (χ1n) is 10.4. The minimum Gasteiger partial charge on any atom is -0.507 e. The van der Waals surface area contributed by atoms with Gasteiger partial charge >= 0.3 is 0 Å². The van der Waals surface area contributed by atoms with E-state index in [0.717, 1.165) is 12.8 Å². The summed E-state index contributed by atoms with van der Waals surface area (Å²) < 4.78 is 6.46. The molecule has 3 fully saturated rings. The largest absolute Gasteiger partial charge is 0.507 e. The van der Waals surface area contributed by atoms with Crippen LogP contribution in [0.4, 0.5) is 0 Å². The molecular weight excluding hydrogens is 356 g/mol. The molecule has 3 saturated carbocycles. The molecule has 0 aromatic heterocycles. The van der Waals surface area contributed by atoms with Crippen molar-refractivity contribution in [2.24, 2.45) is 29.1 Å². The van der Waals surface area contributed by atoms with Crippen molar-refractivity contribution in [2.75, 3.05) is 0 Å². The number of phenols is 1. The summed E-state index contributed by atoms with van der Waals surface area (Å²) in [6.45, 7) is 4.58. The van der Waals surface area contributed by atoms with Crippen molar-refractivity contribution >= 4 is 17.3 Å². The third-order valence-corrected chi connectivity index (χ3v) is 8.05. The summed E-state index contributed by atoms with van der Waals surface area (Å²) in [5.41, 5.74) is 0.561. The Labute approximate surface area is 164 Å². The lowest BCUT2D eigenvalue weighted by atomic mass is 9.65. The van der Waals surface area contributed by atoms with Gasteiger partial charge in [-0.05, 0) is 42.6 Å². The van der Waals surface area contributed by atoms with Crippen LogP contribution in [-0.2, 0) is 9.53 Å². The van der Waals surface area contributed by atoms with Crippen LogP contribution in [0.3, 0.4) is 0 Å². The summed E-state index contributed by atoms with van der Waals surface area (Å²) in [5.74, 6) is -0.936. The molecule has 0 aliphatic heterocycles. The molecule has 2 bridgehead atoms. The van der Waals surface area contributed by atoms with Gasteiger partial charge in [0, 0.05) is 24.3 Å². The van der Waals surface area contributed by atoms with Gasteiger partial charge in [0.25, 0.3) is 0 Å². The van der Waals surface area contributed by atoms with Gasteiger partial charge < -0.3 is 9.84 Å². The average molecular weight is 382 g/mol. The maximum Gasteiger partial charge on any atom is 0.173 e. The highest BCUT2D eigenvalue weighted by Gasteiger charge is 2.56. The highest BCUT2D eigenvalue weighted by Crippen LogP contribution is 2.59. The van der Waals surface area contributed by atoms with Gasteiger partial charge in [0.05, 0.1) is 23.7 Å². The standard InChI is InChI=1S/C23H26O5/c1-23(2)11-6-7-15(23)17(8-11)28-18-10-12(24)9-14-20(18)22(27)19-13(21(14)26)4-3-5-16(19)25/h3-5,11,14-15,17-18,20,25H,6-10H2,1-2H3/t11-,14+,15-,17-,18+,20+/m0/s1. The quantitative estimate of drug-likeness (QED) is 0.846. The van der Waals surface area contributed by atoms with E-state index >= 15 is 0 Å². The Balaban J connectivity index is 1.49. The molecular formula is C23H26O5. The number of Topliss-reactive ketones (excluding diaryl/α,β-unsaturated/α-hetero) is 3. The first-order chi connectivity index (χ1) is 13.3. The molecule has 5 heteroatoms. The van der Waals surface area contributed by atoms with E-state index in [4.69, 9.17) is 4.74 Å². The number of ether oxygens (including phenoxy) is 1. The highest BCUT2D eigenvalue weighted by atomic mass is 16.5. The van der Waals surface area contributed by atoms with Crippen molar-refractivity contribution in [3.05, 3.63) is 29.3 Å². The van der Waals surface area contributed by atoms with Crippen LogP contribution in [0.5, 0.6) is 5.75 Å². The maximum atomic E-state index is 13.3. The van der Waals surface area contributed by atoms with Crippen molar-refractivity contribution in [1.82, 2.24) is 0 Å². The number of hydrogen-bond acceptors (Lipinski definition) is 5. The molecule has 28 heavy (non-hydrogen) atoms. The lowest BCUT2D eigenvalue weighted by molar-refractivity contribution is -0.134. The lowest BCUT2D eigenvalue weighted by Gasteiger charge is -2.41. The fourth-order valence-corrected chi connectivity index (χ4v) is 6.51. The number of rotatable bonds is 2. The molecule has 0 radical (unpaired) electrons. The molecule has 0 spiro atoms. The van der Waals surface area contributed by atoms with Crippen molar-refractivity contribution < 1.29 is 24.2 Å². The monoisotopic (exact) mass is 382 g/mol. The fourth-order valence-electron chi connectivity index (χ4n) is 6.51. The number of phenolic OH excluding ortho intramolecular Hbond substituents is 1. The van der Waals surface area contributed by atoms with Gasteiger partial charge in [-0.15, -0.1) is 0 Å². The van der Waals surface area contributed by atoms with E-state index in [-0.39, 0.29) is 58.6 Å². The summed E-state index contributed by atoms with van der Waals surface area (Å²) in [4.78, 5) is 38.8. The normalized spacial score (nSPS) is 38.4. The number of hydrogen-bond donors (Lipinski definition) is 1. The Morgan fingerprint density at radius 3 is 2.50 bits per heavy atom. The number of carbonyl (C=O) groups excluding carboxylic acids is 3. The molecule has 5 rings (SSSR count). The van der Waals surface area contributed by atoms with E-state index in [1.54, 1.807) is 12.1 Å². The summed E-state index contributed by atoms with van der Waals surface area (Å²) in [5, 5.41) is 10.2. The van der Waals surface area contributed by atoms with Crippen LogP contribution in [0.25, 0.3) is 0 Å². The Bertz CT molecular complexity index is 885. The molecule has 0 saturated heterocycles. The molecule has 1 aromatic carbocycles. The van der Waals surface area contributed by atoms with Crippen LogP contribution in [0, 0.1) is 29.1 Å². The molecule has 0 heterocycles. The molecule has 4 aliphatic carbocycles. The van der Waals surface area contributed by atoms with Crippen LogP contribution in [0.2, 0.25) is 0 Å². The van der Waals surface area contributed by atoms with Crippen molar-refractivity contribution in [1.29, 1.82) is 0 Å². The number of benzene rings is 1. The summed E-state index contributed by atoms with van der Waals surface area (Å²) >= 11 is 0. The molecule has 1 N–H and O–H groups in total. The van der Waals surface area contributed by atoms with Gasteiger partial charge in [-0.25, -0.2) is 0 Å². The van der Waals surface area contributed by atoms with Crippen molar-refractivity contribution in [2.45, 2.75) is 58.2 Å². The maximum absolute atomic E-state index is 13.3. The molecule has 148 valence electrons. The second-order valence-electron chi connectivity index (χ2n) is 9.66. The zero-order chi connectivity index (χ0) is 19.8. The predicted molar refractivity (Wildman–Crippen MR) is 101 cm³/mol. The predicted octanol–water partition coefficient (Wildman–Crippen LogP) is 3.58. The van der Waals surface area contributed by atoms with E-state index in [0.29, 0.717) is 11.8 Å². The zero-order valence-corrected chi connectivity index (χ0v) is 16.3. The topological polar surface area (TPSA) is 80.7 Å². The average Bonchev–Trinajstić information content (AvgIpc) is 3.05. The Kier molecular flexibility index (Phi) is 3.86. The Morgan fingerprint density at radius 2 is 1.82 bits per heavy atom. The molecule has 0 amide bonds. The molecule has 6 atom stereocenters. The van der Waals surface area contributed by atoms with Gasteiger partial charge in [-0.2, -0.15) is 0 Å². The number of fused-ring (bicyclic) bond motifs is 4. The van der Waals surface area contributed by atoms with Gasteiger partial charge in [0.2, 0.25) is 0 Å². The van der Waals surface area contributed by atoms with Crippen LogP contribution >= 0.6 is 0 Å². The summed E-state index contributed by atoms with van der Waals surface area (Å²) in [7, 11) is 0. The summed E-state index contributed by atoms with van der Waals surface area (Å²) in [6.07, 6.45) is 3.03. The van der Waals surface area contributed by atoms with Crippen molar-refractivity contribution in [3.63, 3.8) is 0 Å². The molecule has 1 aromatic rings. The van der Waals surface area contributed by atoms with Crippen LogP contribution in [-0.4, -0.2) is 34.7 Å². The zero-order valence-electron chi connectivity index (χ0n) is 16.3. The highest BCUT2D eigenvalue weighted by molar-refractivity contribution is 6.18. The SMILES string of the molecule is CC1(C)[C@H]2CC[C@H]1[C@@H](O[C@@H]1CC(=O)C[C@H]3C(=O)c4cccc(O)c4C(=O)[C@@H]13)C2. The minimum absolute atomic E-state index is 0.0154. The van der Waals surface area contributed by atoms with Crippen LogP contribution in [0.1, 0.15) is 66.7 Å². The first kappa shape index (κ1) is 18.0. The second-order valence-corrected chi connectivity index (χ2v) is 9.66. The Hall–Kier alpha value is -2.01. The Morgan fingerprint density at radius 1 is 1.04 bits per heavy atom. The number of aromatic hydroxyl groups is 1. The van der Waals surface area contributed by atoms with Gasteiger partial charge in [-0.1, -0.05) is 26.0 Å². The van der Waals surface area contributed by atoms with Crippen LogP contribution < -0.4 is 0 Å². The molecule has 5 nitrogen and oxygen atoms in total. The van der Waals surface area contributed by atoms with Gasteiger partial charge in [-0.3, -0.25) is 14.4 Å². The fraction of sp³-hybridized carbons (Fsp3) is 0.609. The molecule has 0 unspecified atom stereocenters. The summed E-state index contributed by atoms with van der Waals surface area (Å²) in [6, 6.07) is 4.57. The third kappa shape index (κ3) is 2.38. The number of carbonyl (C=O) groups is 3. The lowest BCUT2D eigenvalue weighted by Crippen LogP contribution is -2.50. The van der Waals surface area contributed by atoms with Crippen molar-refractivity contribution in [3.8, 4) is 5.75 Å². The van der Waals surface area contributed by atoms with E-state index in [9.17, 15) is 19.5 Å². The number of ketones is 3. The second kappa shape index (κ2) is 5.99. The first-order valence-corrected chi connectivity index (χ1v) is 10.4. The van der Waals surface area contributed by atoms with E-state index in [2.05, 4.69) is 13.8 Å². The third-order valence-electron chi connectivity index (χ3n) is 8.05. The van der Waals surface area contributed by atoms with E-state index < -0.39 is 17.9 Å². The van der Waals surface area contributed by atoms with Crippen LogP contribution in [0.15, 0.2) is 18.2 Å². The van der Waals surface area contributed by atoms with Gasteiger partial charge in [0.1, 0.15) is 11.5 Å². The minimum atomic E-state index is -0.673. The van der Waals surface area contributed by atoms with E-state index in [1.807, 2.05) is 0 Å². The smallest absolute Gasteiger partial charge is 0.173 e. The molecule has 4 aliphatic rings.